The fourth-order valence-electron chi connectivity index (χ4n) is 2.63. The summed E-state index contributed by atoms with van der Waals surface area (Å²) < 4.78 is 5.11. The standard InChI is InChI=1S/C22H19ClN2O3/c1-28-17-13-11-16(12-14-17)22(27)25-21(20(26)15-7-3-2-4-8-15)24-19-10-6-5-9-18(19)23/h2-14,21,24H,1H3,(H,25,27)/t21-/m0/s1. The molecule has 3 rings (SSSR count). The highest BCUT2D eigenvalue weighted by molar-refractivity contribution is 6.33. The Morgan fingerprint density at radius 2 is 1.50 bits per heavy atom. The number of rotatable bonds is 7. The number of carbonyl (C=O) groups excluding carboxylic acids is 2. The summed E-state index contributed by atoms with van der Waals surface area (Å²) in [7, 11) is 1.55. The quantitative estimate of drug-likeness (QED) is 0.460. The third-order valence-electron chi connectivity index (χ3n) is 4.12. The molecule has 2 N–H and O–H groups in total. The van der Waals surface area contributed by atoms with Gasteiger partial charge in [0.15, 0.2) is 6.17 Å². The lowest BCUT2D eigenvalue weighted by Crippen LogP contribution is -2.46. The number of halogens is 1. The predicted octanol–water partition coefficient (Wildman–Crippen LogP) is 4.40. The van der Waals surface area contributed by atoms with Crippen LogP contribution in [-0.2, 0) is 0 Å². The van der Waals surface area contributed by atoms with E-state index in [0.717, 1.165) is 0 Å². The number of Topliss-reactive ketones (excluding diaryl/α,β-unsaturated/α-hetero) is 1. The highest BCUT2D eigenvalue weighted by Gasteiger charge is 2.23. The maximum Gasteiger partial charge on any atom is 0.253 e. The van der Waals surface area contributed by atoms with E-state index in [9.17, 15) is 9.59 Å². The summed E-state index contributed by atoms with van der Waals surface area (Å²) in [6.45, 7) is 0. The Morgan fingerprint density at radius 3 is 2.14 bits per heavy atom. The zero-order chi connectivity index (χ0) is 19.9. The number of carbonyl (C=O) groups is 2. The van der Waals surface area contributed by atoms with Crippen LogP contribution < -0.4 is 15.4 Å². The lowest BCUT2D eigenvalue weighted by Gasteiger charge is -2.21. The van der Waals surface area contributed by atoms with Crippen LogP contribution in [0, 0.1) is 0 Å². The van der Waals surface area contributed by atoms with E-state index in [-0.39, 0.29) is 5.78 Å². The molecule has 0 aliphatic heterocycles. The molecule has 3 aromatic carbocycles. The van der Waals surface area contributed by atoms with Gasteiger partial charge in [0.05, 0.1) is 17.8 Å². The molecule has 28 heavy (non-hydrogen) atoms. The molecular weight excluding hydrogens is 376 g/mol. The number of methoxy groups -OCH3 is 1. The zero-order valence-electron chi connectivity index (χ0n) is 15.2. The van der Waals surface area contributed by atoms with E-state index < -0.39 is 12.1 Å². The molecule has 1 atom stereocenters. The highest BCUT2D eigenvalue weighted by Crippen LogP contribution is 2.22. The smallest absolute Gasteiger partial charge is 0.253 e. The van der Waals surface area contributed by atoms with E-state index >= 15 is 0 Å². The van der Waals surface area contributed by atoms with Crippen molar-refractivity contribution in [1.82, 2.24) is 5.32 Å². The Hall–Kier alpha value is -3.31. The second kappa shape index (κ2) is 9.06. The molecule has 0 saturated heterocycles. The maximum atomic E-state index is 13.0. The Morgan fingerprint density at radius 1 is 0.857 bits per heavy atom. The van der Waals surface area contributed by atoms with Crippen LogP contribution in [0.25, 0.3) is 0 Å². The number of benzene rings is 3. The molecule has 5 nitrogen and oxygen atoms in total. The van der Waals surface area contributed by atoms with Gasteiger partial charge in [0, 0.05) is 11.1 Å². The molecule has 0 aliphatic carbocycles. The Bertz CT molecular complexity index is 959. The summed E-state index contributed by atoms with van der Waals surface area (Å²) in [5, 5.41) is 6.23. The average Bonchev–Trinajstić information content (AvgIpc) is 2.75. The Kier molecular flexibility index (Phi) is 6.29. The molecule has 6 heteroatoms. The summed E-state index contributed by atoms with van der Waals surface area (Å²) in [4.78, 5) is 25.7. The van der Waals surface area contributed by atoms with Gasteiger partial charge in [-0.3, -0.25) is 9.59 Å². The molecule has 0 aromatic heterocycles. The van der Waals surface area contributed by atoms with Gasteiger partial charge < -0.3 is 15.4 Å². The lowest BCUT2D eigenvalue weighted by atomic mass is 10.1. The van der Waals surface area contributed by atoms with Crippen LogP contribution in [0.5, 0.6) is 5.75 Å². The second-order valence-corrected chi connectivity index (χ2v) is 6.40. The molecule has 0 radical (unpaired) electrons. The van der Waals surface area contributed by atoms with E-state index in [1.807, 2.05) is 6.07 Å². The molecule has 0 aliphatic rings. The van der Waals surface area contributed by atoms with Crippen LogP contribution in [0.1, 0.15) is 20.7 Å². The first kappa shape index (κ1) is 19.5. The van der Waals surface area contributed by atoms with E-state index in [4.69, 9.17) is 16.3 Å². The van der Waals surface area contributed by atoms with Crippen LogP contribution >= 0.6 is 11.6 Å². The number of hydrogen-bond acceptors (Lipinski definition) is 4. The summed E-state index contributed by atoms with van der Waals surface area (Å²) in [5.41, 5.74) is 1.43. The van der Waals surface area contributed by atoms with Crippen LogP contribution in [-0.4, -0.2) is 25.0 Å². The van der Waals surface area contributed by atoms with Gasteiger partial charge in [-0.2, -0.15) is 0 Å². The SMILES string of the molecule is COc1ccc(C(=O)N[C@H](Nc2ccccc2Cl)C(=O)c2ccccc2)cc1. The Balaban J connectivity index is 1.85. The second-order valence-electron chi connectivity index (χ2n) is 5.99. The third kappa shape index (κ3) is 4.69. The molecule has 0 fully saturated rings. The van der Waals surface area contributed by atoms with Crippen molar-refractivity contribution in [3.63, 3.8) is 0 Å². The summed E-state index contributed by atoms with van der Waals surface area (Å²) in [6, 6.07) is 22.4. The van der Waals surface area contributed by atoms with Gasteiger partial charge in [-0.1, -0.05) is 54.1 Å². The topological polar surface area (TPSA) is 67.4 Å². The van der Waals surface area contributed by atoms with Crippen LogP contribution in [0.4, 0.5) is 5.69 Å². The molecule has 0 spiro atoms. The molecular formula is C22H19ClN2O3. The van der Waals surface area contributed by atoms with Gasteiger partial charge in [-0.25, -0.2) is 0 Å². The van der Waals surface area contributed by atoms with E-state index in [0.29, 0.717) is 27.6 Å². The number of anilines is 1. The first-order chi connectivity index (χ1) is 13.6. The summed E-state index contributed by atoms with van der Waals surface area (Å²) in [6.07, 6.45) is -0.989. The van der Waals surface area contributed by atoms with Gasteiger partial charge in [-0.15, -0.1) is 0 Å². The molecule has 1 amide bonds. The predicted molar refractivity (Wildman–Crippen MR) is 110 cm³/mol. The van der Waals surface area contributed by atoms with Gasteiger partial charge in [0.25, 0.3) is 5.91 Å². The number of amides is 1. The van der Waals surface area contributed by atoms with Crippen LogP contribution in [0.2, 0.25) is 5.02 Å². The largest absolute Gasteiger partial charge is 0.497 e. The van der Waals surface area contributed by atoms with Gasteiger partial charge in [0.2, 0.25) is 5.78 Å². The monoisotopic (exact) mass is 394 g/mol. The molecule has 0 saturated carbocycles. The first-order valence-corrected chi connectivity index (χ1v) is 9.01. The molecule has 0 bridgehead atoms. The number of nitrogens with one attached hydrogen (secondary N) is 2. The van der Waals surface area contributed by atoms with Crippen molar-refractivity contribution < 1.29 is 14.3 Å². The number of ether oxygens (including phenoxy) is 1. The third-order valence-corrected chi connectivity index (χ3v) is 4.45. The summed E-state index contributed by atoms with van der Waals surface area (Å²) >= 11 is 6.21. The molecule has 0 heterocycles. The fraction of sp³-hybridized carbons (Fsp3) is 0.0909. The lowest BCUT2D eigenvalue weighted by molar-refractivity contribution is 0.0869. The minimum atomic E-state index is -0.989. The van der Waals surface area contributed by atoms with Crippen molar-refractivity contribution in [3.05, 3.63) is 95.0 Å². The fourth-order valence-corrected chi connectivity index (χ4v) is 2.82. The van der Waals surface area contributed by atoms with Crippen molar-refractivity contribution in [1.29, 1.82) is 0 Å². The van der Waals surface area contributed by atoms with Crippen molar-refractivity contribution in [3.8, 4) is 5.75 Å². The van der Waals surface area contributed by atoms with Crippen molar-refractivity contribution >= 4 is 29.0 Å². The van der Waals surface area contributed by atoms with Gasteiger partial charge in [0.1, 0.15) is 5.75 Å². The Labute approximate surface area is 168 Å². The van der Waals surface area contributed by atoms with Crippen molar-refractivity contribution in [2.45, 2.75) is 6.17 Å². The minimum absolute atomic E-state index is 0.276. The zero-order valence-corrected chi connectivity index (χ0v) is 15.9. The number of para-hydroxylation sites is 1. The molecule has 142 valence electrons. The van der Waals surface area contributed by atoms with Crippen LogP contribution in [0.15, 0.2) is 78.9 Å². The van der Waals surface area contributed by atoms with Crippen molar-refractivity contribution in [2.24, 2.45) is 0 Å². The van der Waals surface area contributed by atoms with Gasteiger partial charge in [-0.05, 0) is 36.4 Å². The normalized spacial score (nSPS) is 11.4. The first-order valence-electron chi connectivity index (χ1n) is 8.64. The molecule has 0 unspecified atom stereocenters. The number of hydrogen-bond donors (Lipinski definition) is 2. The number of ketones is 1. The van der Waals surface area contributed by atoms with Crippen molar-refractivity contribution in [2.75, 3.05) is 12.4 Å². The minimum Gasteiger partial charge on any atom is -0.497 e. The summed E-state index contributed by atoms with van der Waals surface area (Å²) in [5.74, 6) is -0.0264. The van der Waals surface area contributed by atoms with E-state index in [1.54, 1.807) is 79.9 Å². The average molecular weight is 395 g/mol. The van der Waals surface area contributed by atoms with Gasteiger partial charge >= 0.3 is 0 Å². The van der Waals surface area contributed by atoms with E-state index in [2.05, 4.69) is 10.6 Å². The van der Waals surface area contributed by atoms with Crippen LogP contribution in [0.3, 0.4) is 0 Å². The van der Waals surface area contributed by atoms with E-state index in [1.165, 1.54) is 0 Å². The molecule has 3 aromatic rings. The maximum absolute atomic E-state index is 13.0. The highest BCUT2D eigenvalue weighted by atomic mass is 35.5.